The van der Waals surface area contributed by atoms with Gasteiger partial charge in [0.05, 0.1) is 6.42 Å². The Bertz CT molecular complexity index is 1050. The Morgan fingerprint density at radius 2 is 1.50 bits per heavy atom. The lowest BCUT2D eigenvalue weighted by atomic mass is 10.2. The molecular formula is C23H20N4O3. The molecule has 0 aromatic heterocycles. The zero-order chi connectivity index (χ0) is 20.8. The first-order chi connectivity index (χ1) is 14.7. The van der Waals surface area contributed by atoms with E-state index in [4.69, 9.17) is 4.74 Å². The highest BCUT2D eigenvalue weighted by atomic mass is 16.5. The van der Waals surface area contributed by atoms with Crippen LogP contribution >= 0.6 is 0 Å². The lowest BCUT2D eigenvalue weighted by Gasteiger charge is -2.08. The highest BCUT2D eigenvalue weighted by Gasteiger charge is 2.28. The molecular weight excluding hydrogens is 380 g/mol. The summed E-state index contributed by atoms with van der Waals surface area (Å²) in [5.74, 6) is 1.18. The van der Waals surface area contributed by atoms with E-state index < -0.39 is 6.04 Å². The lowest BCUT2D eigenvalue weighted by molar-refractivity contribution is -0.123. The highest BCUT2D eigenvalue weighted by molar-refractivity contribution is 6.11. The van der Waals surface area contributed by atoms with Crippen molar-refractivity contribution in [1.82, 2.24) is 5.32 Å². The van der Waals surface area contributed by atoms with Crippen LogP contribution in [0.25, 0.3) is 0 Å². The van der Waals surface area contributed by atoms with E-state index in [1.54, 1.807) is 12.1 Å². The van der Waals surface area contributed by atoms with E-state index >= 15 is 0 Å². The maximum absolute atomic E-state index is 12.2. The van der Waals surface area contributed by atoms with Crippen LogP contribution in [0, 0.1) is 0 Å². The summed E-state index contributed by atoms with van der Waals surface area (Å²) >= 11 is 0. The van der Waals surface area contributed by atoms with Gasteiger partial charge in [-0.3, -0.25) is 14.9 Å². The first kappa shape index (κ1) is 19.2. The van der Waals surface area contributed by atoms with Gasteiger partial charge in [0.25, 0.3) is 5.91 Å². The Hall–Kier alpha value is -4.13. The first-order valence-electron chi connectivity index (χ1n) is 9.49. The van der Waals surface area contributed by atoms with Crippen LogP contribution in [-0.4, -0.2) is 23.8 Å². The minimum Gasteiger partial charge on any atom is -0.457 e. The Balaban J connectivity index is 1.33. The van der Waals surface area contributed by atoms with Gasteiger partial charge < -0.3 is 15.4 Å². The summed E-state index contributed by atoms with van der Waals surface area (Å²) in [7, 11) is 0. The maximum Gasteiger partial charge on any atom is 0.252 e. The summed E-state index contributed by atoms with van der Waals surface area (Å²) < 4.78 is 5.76. The van der Waals surface area contributed by atoms with Crippen molar-refractivity contribution < 1.29 is 14.3 Å². The standard InChI is InChI=1S/C23H20N4O3/c28-21(24-16-7-3-1-4-8-16)15-20-22(29)27-23(26-20)25-17-11-13-19(14-12-17)30-18-9-5-2-6-10-18/h1-14,20H,15H2,(H,24,28)(H2,25,26,27,29)/t20-/m0/s1. The van der Waals surface area contributed by atoms with Crippen molar-refractivity contribution in [3.8, 4) is 11.5 Å². The van der Waals surface area contributed by atoms with Gasteiger partial charge in [-0.2, -0.15) is 0 Å². The van der Waals surface area contributed by atoms with Crippen molar-refractivity contribution in [1.29, 1.82) is 0 Å². The third-order valence-electron chi connectivity index (χ3n) is 4.36. The van der Waals surface area contributed by atoms with E-state index in [2.05, 4.69) is 20.9 Å². The minimum absolute atomic E-state index is 0.0320. The van der Waals surface area contributed by atoms with E-state index in [1.165, 1.54) is 0 Å². The molecule has 7 heteroatoms. The zero-order valence-corrected chi connectivity index (χ0v) is 16.0. The molecule has 0 radical (unpaired) electrons. The maximum atomic E-state index is 12.2. The Morgan fingerprint density at radius 1 is 0.867 bits per heavy atom. The van der Waals surface area contributed by atoms with E-state index in [1.807, 2.05) is 72.8 Å². The molecule has 2 amide bonds. The molecule has 7 nitrogen and oxygen atoms in total. The van der Waals surface area contributed by atoms with Crippen LogP contribution in [0.5, 0.6) is 11.5 Å². The number of rotatable bonds is 6. The largest absolute Gasteiger partial charge is 0.457 e. The molecule has 0 spiro atoms. The molecule has 4 rings (SSSR count). The van der Waals surface area contributed by atoms with Crippen molar-refractivity contribution in [2.75, 3.05) is 10.6 Å². The van der Waals surface area contributed by atoms with Crippen LogP contribution in [-0.2, 0) is 9.59 Å². The van der Waals surface area contributed by atoms with Gasteiger partial charge >= 0.3 is 0 Å². The van der Waals surface area contributed by atoms with Gasteiger partial charge in [-0.25, -0.2) is 4.99 Å². The quantitative estimate of drug-likeness (QED) is 0.587. The van der Waals surface area contributed by atoms with Gasteiger partial charge in [-0.15, -0.1) is 0 Å². The molecule has 0 saturated carbocycles. The fourth-order valence-corrected chi connectivity index (χ4v) is 2.93. The zero-order valence-electron chi connectivity index (χ0n) is 16.0. The number of para-hydroxylation sites is 2. The summed E-state index contributed by atoms with van der Waals surface area (Å²) in [6.45, 7) is 0. The number of hydrogen-bond acceptors (Lipinski definition) is 5. The van der Waals surface area contributed by atoms with Crippen LogP contribution in [0.3, 0.4) is 0 Å². The summed E-state index contributed by atoms with van der Waals surface area (Å²) in [5.41, 5.74) is 1.42. The third-order valence-corrected chi connectivity index (χ3v) is 4.36. The second kappa shape index (κ2) is 8.91. The Labute approximate surface area is 173 Å². The predicted octanol–water partition coefficient (Wildman–Crippen LogP) is 3.77. The number of aliphatic imine (C=N–C) groups is 1. The average molecular weight is 400 g/mol. The number of amides is 2. The number of anilines is 2. The second-order valence-corrected chi connectivity index (χ2v) is 6.67. The summed E-state index contributed by atoms with van der Waals surface area (Å²) in [6.07, 6.45) is -0.0320. The van der Waals surface area contributed by atoms with E-state index in [-0.39, 0.29) is 18.2 Å². The number of benzene rings is 3. The fourth-order valence-electron chi connectivity index (χ4n) is 2.93. The molecule has 1 aliphatic heterocycles. The van der Waals surface area contributed by atoms with Crippen molar-refractivity contribution >= 4 is 29.1 Å². The van der Waals surface area contributed by atoms with Gasteiger partial charge in [0.1, 0.15) is 17.5 Å². The lowest BCUT2D eigenvalue weighted by Crippen LogP contribution is -2.33. The normalized spacial score (nSPS) is 15.1. The van der Waals surface area contributed by atoms with E-state index in [0.717, 1.165) is 11.4 Å². The number of carbonyl (C=O) groups excluding carboxylic acids is 2. The van der Waals surface area contributed by atoms with E-state index in [9.17, 15) is 9.59 Å². The molecule has 0 unspecified atom stereocenters. The van der Waals surface area contributed by atoms with Crippen LogP contribution in [0.4, 0.5) is 11.4 Å². The highest BCUT2D eigenvalue weighted by Crippen LogP contribution is 2.23. The molecule has 3 aromatic carbocycles. The monoisotopic (exact) mass is 400 g/mol. The summed E-state index contributed by atoms with van der Waals surface area (Å²) in [4.78, 5) is 28.6. The van der Waals surface area contributed by atoms with Crippen molar-refractivity contribution in [3.05, 3.63) is 84.9 Å². The van der Waals surface area contributed by atoms with Gasteiger partial charge in [-0.05, 0) is 48.5 Å². The number of guanidine groups is 1. The molecule has 1 atom stereocenters. The van der Waals surface area contributed by atoms with Crippen LogP contribution in [0.15, 0.2) is 89.9 Å². The van der Waals surface area contributed by atoms with Gasteiger partial charge in [-0.1, -0.05) is 36.4 Å². The molecule has 3 aromatic rings. The molecule has 0 saturated heterocycles. The molecule has 1 heterocycles. The van der Waals surface area contributed by atoms with Crippen molar-refractivity contribution in [3.63, 3.8) is 0 Å². The number of ether oxygens (including phenoxy) is 1. The predicted molar refractivity (Wildman–Crippen MR) is 116 cm³/mol. The minimum atomic E-state index is -0.767. The number of nitrogens with one attached hydrogen (secondary N) is 3. The van der Waals surface area contributed by atoms with Gasteiger partial charge in [0.2, 0.25) is 11.9 Å². The molecule has 150 valence electrons. The molecule has 0 fully saturated rings. The van der Waals surface area contributed by atoms with Crippen LogP contribution in [0.2, 0.25) is 0 Å². The molecule has 1 aliphatic rings. The average Bonchev–Trinajstić information content (AvgIpc) is 3.09. The van der Waals surface area contributed by atoms with Crippen molar-refractivity contribution in [2.24, 2.45) is 4.99 Å². The van der Waals surface area contributed by atoms with Crippen LogP contribution in [0.1, 0.15) is 6.42 Å². The van der Waals surface area contributed by atoms with Crippen LogP contribution < -0.4 is 20.7 Å². The summed E-state index contributed by atoms with van der Waals surface area (Å²) in [6, 6.07) is 25.1. The Morgan fingerprint density at radius 3 is 2.20 bits per heavy atom. The molecule has 0 aliphatic carbocycles. The summed E-state index contributed by atoms with van der Waals surface area (Å²) in [5, 5.41) is 8.47. The number of carbonyl (C=O) groups is 2. The van der Waals surface area contributed by atoms with Crippen molar-refractivity contribution in [2.45, 2.75) is 12.5 Å². The smallest absolute Gasteiger partial charge is 0.252 e. The topological polar surface area (TPSA) is 91.8 Å². The Kier molecular flexibility index (Phi) is 5.70. The second-order valence-electron chi connectivity index (χ2n) is 6.67. The van der Waals surface area contributed by atoms with Gasteiger partial charge in [0, 0.05) is 11.4 Å². The molecule has 30 heavy (non-hydrogen) atoms. The number of nitrogens with zero attached hydrogens (tertiary/aromatic N) is 1. The third kappa shape index (κ3) is 5.02. The van der Waals surface area contributed by atoms with E-state index in [0.29, 0.717) is 17.4 Å². The fraction of sp³-hybridized carbons (Fsp3) is 0.0870. The first-order valence-corrected chi connectivity index (χ1v) is 9.49. The van der Waals surface area contributed by atoms with Gasteiger partial charge in [0.15, 0.2) is 0 Å². The number of hydrogen-bond donors (Lipinski definition) is 3. The SMILES string of the molecule is O=C(C[C@@H]1N=C(Nc2ccc(Oc3ccccc3)cc2)NC1=O)Nc1ccccc1. The molecule has 3 N–H and O–H groups in total. The molecule has 0 bridgehead atoms.